The van der Waals surface area contributed by atoms with Crippen molar-refractivity contribution in [3.63, 3.8) is 0 Å². The monoisotopic (exact) mass is 267 g/mol. The number of phenolic OH excluding ortho intramolecular Hbond substituents is 1. The first-order valence-electron chi connectivity index (χ1n) is 5.62. The second-order valence-corrected chi connectivity index (χ2v) is 4.35. The van der Waals surface area contributed by atoms with E-state index in [-0.39, 0.29) is 5.75 Å². The lowest BCUT2D eigenvalue weighted by Gasteiger charge is -2.04. The van der Waals surface area contributed by atoms with Crippen LogP contribution in [0.1, 0.15) is 17.3 Å². The van der Waals surface area contributed by atoms with Gasteiger partial charge in [0, 0.05) is 26.4 Å². The Balaban J connectivity index is 1.76. The van der Waals surface area contributed by atoms with Crippen LogP contribution in [0.2, 0.25) is 5.02 Å². The van der Waals surface area contributed by atoms with Gasteiger partial charge in [0.05, 0.1) is 5.02 Å². The highest BCUT2D eigenvalue weighted by Gasteiger charge is 2.02. The highest BCUT2D eigenvalue weighted by atomic mass is 35.5. The summed E-state index contributed by atoms with van der Waals surface area (Å²) < 4.78 is 4.87. The fourth-order valence-corrected chi connectivity index (χ4v) is 1.74. The molecule has 0 spiro atoms. The third kappa shape index (κ3) is 3.45. The van der Waals surface area contributed by atoms with Crippen LogP contribution in [0.15, 0.2) is 22.7 Å². The van der Waals surface area contributed by atoms with Gasteiger partial charge in [0.1, 0.15) is 5.75 Å². The highest BCUT2D eigenvalue weighted by molar-refractivity contribution is 6.32. The SMILES string of the molecule is Cc1nc(CCNCc2ccc(O)c(Cl)c2)no1. The minimum atomic E-state index is 0.0997. The molecular weight excluding hydrogens is 254 g/mol. The van der Waals surface area contributed by atoms with Crippen molar-refractivity contribution in [3.05, 3.63) is 40.5 Å². The van der Waals surface area contributed by atoms with Crippen molar-refractivity contribution in [2.45, 2.75) is 19.9 Å². The number of aromatic hydroxyl groups is 1. The van der Waals surface area contributed by atoms with Crippen LogP contribution in [0.25, 0.3) is 0 Å². The lowest BCUT2D eigenvalue weighted by molar-refractivity contribution is 0.387. The molecule has 18 heavy (non-hydrogen) atoms. The molecule has 1 heterocycles. The molecule has 0 fully saturated rings. The minimum absolute atomic E-state index is 0.0997. The summed E-state index contributed by atoms with van der Waals surface area (Å²) in [6.07, 6.45) is 0.711. The van der Waals surface area contributed by atoms with Gasteiger partial charge >= 0.3 is 0 Å². The first-order valence-corrected chi connectivity index (χ1v) is 6.00. The van der Waals surface area contributed by atoms with Crippen molar-refractivity contribution >= 4 is 11.6 Å². The Morgan fingerprint density at radius 2 is 2.28 bits per heavy atom. The van der Waals surface area contributed by atoms with Crippen LogP contribution in [-0.2, 0) is 13.0 Å². The molecule has 0 unspecified atom stereocenters. The Morgan fingerprint density at radius 3 is 2.94 bits per heavy atom. The average molecular weight is 268 g/mol. The van der Waals surface area contributed by atoms with Gasteiger partial charge in [-0.1, -0.05) is 22.8 Å². The third-order valence-corrected chi connectivity index (χ3v) is 2.74. The largest absolute Gasteiger partial charge is 0.506 e. The van der Waals surface area contributed by atoms with E-state index in [9.17, 15) is 5.11 Å². The molecule has 2 rings (SSSR count). The molecule has 6 heteroatoms. The molecule has 1 aromatic heterocycles. The van der Waals surface area contributed by atoms with E-state index in [4.69, 9.17) is 16.1 Å². The van der Waals surface area contributed by atoms with Crippen molar-refractivity contribution in [1.29, 1.82) is 0 Å². The van der Waals surface area contributed by atoms with Crippen LogP contribution in [0.4, 0.5) is 0 Å². The van der Waals surface area contributed by atoms with Crippen LogP contribution in [-0.4, -0.2) is 21.8 Å². The van der Waals surface area contributed by atoms with Crippen molar-refractivity contribution in [3.8, 4) is 5.75 Å². The van der Waals surface area contributed by atoms with Gasteiger partial charge in [-0.2, -0.15) is 4.98 Å². The van der Waals surface area contributed by atoms with Gasteiger partial charge in [0.15, 0.2) is 5.82 Å². The Hall–Kier alpha value is -1.59. The summed E-state index contributed by atoms with van der Waals surface area (Å²) in [5.74, 6) is 1.38. The van der Waals surface area contributed by atoms with E-state index in [0.717, 1.165) is 12.1 Å². The normalized spacial score (nSPS) is 10.8. The Bertz CT molecular complexity index is 528. The maximum absolute atomic E-state index is 9.29. The highest BCUT2D eigenvalue weighted by Crippen LogP contribution is 2.23. The zero-order valence-corrected chi connectivity index (χ0v) is 10.7. The number of nitrogens with one attached hydrogen (secondary N) is 1. The number of halogens is 1. The zero-order valence-electron chi connectivity index (χ0n) is 9.98. The van der Waals surface area contributed by atoms with Crippen LogP contribution in [0.5, 0.6) is 5.75 Å². The Labute approximate surface area is 110 Å². The average Bonchev–Trinajstić information content (AvgIpc) is 2.75. The van der Waals surface area contributed by atoms with E-state index in [2.05, 4.69) is 15.5 Å². The summed E-state index contributed by atoms with van der Waals surface area (Å²) >= 11 is 5.82. The summed E-state index contributed by atoms with van der Waals surface area (Å²) in [6.45, 7) is 3.19. The predicted molar refractivity (Wildman–Crippen MR) is 67.6 cm³/mol. The summed E-state index contributed by atoms with van der Waals surface area (Å²) in [5, 5.41) is 16.7. The number of phenols is 1. The summed E-state index contributed by atoms with van der Waals surface area (Å²) in [5.41, 5.74) is 1.02. The maximum Gasteiger partial charge on any atom is 0.223 e. The minimum Gasteiger partial charge on any atom is -0.506 e. The first kappa shape index (κ1) is 12.9. The summed E-state index contributed by atoms with van der Waals surface area (Å²) in [6, 6.07) is 5.15. The third-order valence-electron chi connectivity index (χ3n) is 2.44. The van der Waals surface area contributed by atoms with Crippen molar-refractivity contribution in [2.24, 2.45) is 0 Å². The molecule has 0 saturated heterocycles. The molecule has 0 atom stereocenters. The zero-order chi connectivity index (χ0) is 13.0. The van der Waals surface area contributed by atoms with Crippen molar-refractivity contribution < 1.29 is 9.63 Å². The van der Waals surface area contributed by atoms with E-state index in [0.29, 0.717) is 29.7 Å². The van der Waals surface area contributed by atoms with Crippen molar-refractivity contribution in [1.82, 2.24) is 15.5 Å². The molecule has 0 aliphatic heterocycles. The van der Waals surface area contributed by atoms with Gasteiger partial charge in [-0.25, -0.2) is 0 Å². The molecule has 0 bridgehead atoms. The van der Waals surface area contributed by atoms with Crippen LogP contribution >= 0.6 is 11.6 Å². The molecule has 0 aliphatic rings. The number of hydrogen-bond donors (Lipinski definition) is 2. The van der Waals surface area contributed by atoms with E-state index < -0.39 is 0 Å². The molecule has 5 nitrogen and oxygen atoms in total. The quantitative estimate of drug-likeness (QED) is 0.812. The molecule has 0 radical (unpaired) electrons. The summed E-state index contributed by atoms with van der Waals surface area (Å²) in [4.78, 5) is 4.11. The molecule has 0 aliphatic carbocycles. The number of benzene rings is 1. The van der Waals surface area contributed by atoms with Crippen LogP contribution < -0.4 is 5.32 Å². The van der Waals surface area contributed by atoms with E-state index in [1.165, 1.54) is 0 Å². The van der Waals surface area contributed by atoms with Gasteiger partial charge in [0.2, 0.25) is 5.89 Å². The fraction of sp³-hybridized carbons (Fsp3) is 0.333. The van der Waals surface area contributed by atoms with E-state index in [1.807, 2.05) is 6.07 Å². The van der Waals surface area contributed by atoms with E-state index in [1.54, 1.807) is 19.1 Å². The molecule has 96 valence electrons. The molecule has 1 aromatic carbocycles. The van der Waals surface area contributed by atoms with Crippen LogP contribution in [0, 0.1) is 6.92 Å². The van der Waals surface area contributed by atoms with Gasteiger partial charge in [0.25, 0.3) is 0 Å². The fourth-order valence-electron chi connectivity index (χ4n) is 1.54. The first-order chi connectivity index (χ1) is 8.65. The number of rotatable bonds is 5. The molecule has 2 aromatic rings. The molecule has 0 saturated carbocycles. The second kappa shape index (κ2) is 5.84. The molecule has 2 N–H and O–H groups in total. The lowest BCUT2D eigenvalue weighted by atomic mass is 10.2. The number of nitrogens with zero attached hydrogens (tertiary/aromatic N) is 2. The standard InChI is InChI=1S/C12H14ClN3O2/c1-8-15-12(16-18-8)4-5-14-7-9-2-3-11(17)10(13)6-9/h2-3,6,14,17H,4-5,7H2,1H3. The lowest BCUT2D eigenvalue weighted by Crippen LogP contribution is -2.17. The van der Waals surface area contributed by atoms with E-state index >= 15 is 0 Å². The van der Waals surface area contributed by atoms with Gasteiger partial charge in [-0.15, -0.1) is 0 Å². The predicted octanol–water partition coefficient (Wildman–Crippen LogP) is 2.07. The molecular formula is C12H14ClN3O2. The van der Waals surface area contributed by atoms with Gasteiger partial charge < -0.3 is 14.9 Å². The second-order valence-electron chi connectivity index (χ2n) is 3.94. The molecule has 0 amide bonds. The van der Waals surface area contributed by atoms with Crippen LogP contribution in [0.3, 0.4) is 0 Å². The number of hydrogen-bond acceptors (Lipinski definition) is 5. The van der Waals surface area contributed by atoms with Gasteiger partial charge in [-0.05, 0) is 17.7 Å². The topological polar surface area (TPSA) is 71.2 Å². The Morgan fingerprint density at radius 1 is 1.44 bits per heavy atom. The Kier molecular flexibility index (Phi) is 4.17. The van der Waals surface area contributed by atoms with Gasteiger partial charge in [-0.3, -0.25) is 0 Å². The van der Waals surface area contributed by atoms with Crippen molar-refractivity contribution in [2.75, 3.05) is 6.54 Å². The smallest absolute Gasteiger partial charge is 0.223 e. The maximum atomic E-state index is 9.29. The summed E-state index contributed by atoms with van der Waals surface area (Å²) in [7, 11) is 0. The number of aryl methyl sites for hydroxylation is 1. The number of aromatic nitrogens is 2.